The van der Waals surface area contributed by atoms with Crippen LogP contribution in [0.15, 0.2) is 95.5 Å². The van der Waals surface area contributed by atoms with Crippen LogP contribution < -0.4 is 15.4 Å². The number of carbonyl (C=O) groups excluding carboxylic acids is 2. The van der Waals surface area contributed by atoms with E-state index in [1.165, 1.54) is 19.1 Å². The van der Waals surface area contributed by atoms with Crippen molar-refractivity contribution in [1.29, 1.82) is 5.26 Å². The molecule has 5 rings (SSSR count). The standard InChI is InChI=1S/C30H25N5O5/c1-38-20-11-7-10-18(14-20)28-33-22-13-12-19(15-23(22)34-28)35-26(30(37)40-3)25(29(36)39-2)24(21(16-31)27(35)32)17-8-5-4-6-9-17/h4-15,24H,32H2,1-3H3,(H,33,34). The fourth-order valence-electron chi connectivity index (χ4n) is 4.83. The van der Waals surface area contributed by atoms with Gasteiger partial charge in [-0.05, 0) is 35.9 Å². The average molecular weight is 536 g/mol. The molecule has 1 unspecified atom stereocenters. The molecule has 40 heavy (non-hydrogen) atoms. The first kappa shape index (κ1) is 26.1. The number of imidazole rings is 1. The molecule has 0 fully saturated rings. The minimum atomic E-state index is -0.945. The Balaban J connectivity index is 1.72. The van der Waals surface area contributed by atoms with Crippen molar-refractivity contribution in [3.8, 4) is 23.2 Å². The van der Waals surface area contributed by atoms with Crippen LogP contribution in [0.25, 0.3) is 22.4 Å². The highest BCUT2D eigenvalue weighted by atomic mass is 16.5. The fraction of sp³-hybridized carbons (Fsp3) is 0.133. The summed E-state index contributed by atoms with van der Waals surface area (Å²) in [6.45, 7) is 0. The van der Waals surface area contributed by atoms with Gasteiger partial charge in [-0.25, -0.2) is 14.6 Å². The summed E-state index contributed by atoms with van der Waals surface area (Å²) in [6, 6.07) is 23.6. The minimum absolute atomic E-state index is 0.0173. The number of methoxy groups -OCH3 is 3. The Labute approximate surface area is 229 Å². The summed E-state index contributed by atoms with van der Waals surface area (Å²) < 4.78 is 15.5. The van der Waals surface area contributed by atoms with E-state index in [0.29, 0.717) is 33.9 Å². The normalized spacial score (nSPS) is 15.2. The highest BCUT2D eigenvalue weighted by Crippen LogP contribution is 2.43. The van der Waals surface area contributed by atoms with E-state index < -0.39 is 17.9 Å². The van der Waals surface area contributed by atoms with E-state index in [0.717, 1.165) is 5.56 Å². The number of anilines is 1. The van der Waals surface area contributed by atoms with E-state index in [4.69, 9.17) is 19.9 Å². The number of fused-ring (bicyclic) bond motifs is 1. The lowest BCUT2D eigenvalue weighted by Gasteiger charge is -2.35. The first-order valence-electron chi connectivity index (χ1n) is 12.2. The predicted octanol–water partition coefficient (Wildman–Crippen LogP) is 4.14. The molecule has 1 aliphatic rings. The summed E-state index contributed by atoms with van der Waals surface area (Å²) >= 11 is 0. The number of nitriles is 1. The maximum Gasteiger partial charge on any atom is 0.355 e. The van der Waals surface area contributed by atoms with Gasteiger partial charge in [0.15, 0.2) is 0 Å². The topological polar surface area (TPSA) is 144 Å². The Morgan fingerprint density at radius 1 is 0.975 bits per heavy atom. The highest BCUT2D eigenvalue weighted by Gasteiger charge is 2.43. The monoisotopic (exact) mass is 535 g/mol. The van der Waals surface area contributed by atoms with Gasteiger partial charge < -0.3 is 24.9 Å². The summed E-state index contributed by atoms with van der Waals surface area (Å²) in [7, 11) is 4.01. The van der Waals surface area contributed by atoms with Gasteiger partial charge in [-0.2, -0.15) is 5.26 Å². The van der Waals surface area contributed by atoms with Crippen molar-refractivity contribution in [2.75, 3.05) is 26.2 Å². The Morgan fingerprint density at radius 3 is 2.40 bits per heavy atom. The van der Waals surface area contributed by atoms with E-state index >= 15 is 0 Å². The Kier molecular flexibility index (Phi) is 6.95. The van der Waals surface area contributed by atoms with Gasteiger partial charge in [0.25, 0.3) is 0 Å². The van der Waals surface area contributed by atoms with Crippen molar-refractivity contribution in [2.45, 2.75) is 5.92 Å². The molecule has 10 heteroatoms. The predicted molar refractivity (Wildman–Crippen MR) is 148 cm³/mol. The molecule has 10 nitrogen and oxygen atoms in total. The number of nitrogens with one attached hydrogen (secondary N) is 1. The second kappa shape index (κ2) is 10.7. The lowest BCUT2D eigenvalue weighted by atomic mass is 9.81. The molecule has 1 aromatic heterocycles. The van der Waals surface area contributed by atoms with Gasteiger partial charge in [0.1, 0.15) is 23.1 Å². The van der Waals surface area contributed by atoms with Gasteiger partial charge in [0.05, 0.1) is 61.2 Å². The van der Waals surface area contributed by atoms with Crippen molar-refractivity contribution in [3.05, 3.63) is 101 Å². The molecule has 4 aromatic rings. The first-order chi connectivity index (χ1) is 19.4. The fourth-order valence-corrected chi connectivity index (χ4v) is 4.83. The van der Waals surface area contributed by atoms with E-state index in [2.05, 4.69) is 16.0 Å². The largest absolute Gasteiger partial charge is 0.497 e. The summed E-state index contributed by atoms with van der Waals surface area (Å²) in [5.74, 6) is -1.28. The number of aromatic amines is 1. The number of ether oxygens (including phenoxy) is 3. The van der Waals surface area contributed by atoms with Gasteiger partial charge in [-0.15, -0.1) is 0 Å². The van der Waals surface area contributed by atoms with Crippen LogP contribution in [-0.2, 0) is 19.1 Å². The Hall–Kier alpha value is -5.56. The maximum absolute atomic E-state index is 13.3. The zero-order chi connectivity index (χ0) is 28.4. The van der Waals surface area contributed by atoms with Crippen LogP contribution in [0.5, 0.6) is 5.75 Å². The third kappa shape index (κ3) is 4.39. The summed E-state index contributed by atoms with van der Waals surface area (Å²) in [5, 5.41) is 10.2. The number of esters is 2. The van der Waals surface area contributed by atoms with E-state index in [9.17, 15) is 14.9 Å². The van der Waals surface area contributed by atoms with Crippen LogP contribution in [0.4, 0.5) is 5.69 Å². The molecule has 0 radical (unpaired) electrons. The number of rotatable bonds is 6. The van der Waals surface area contributed by atoms with E-state index in [-0.39, 0.29) is 22.7 Å². The second-order valence-electron chi connectivity index (χ2n) is 8.85. The molecule has 0 bridgehead atoms. The number of nitrogens with zero attached hydrogens (tertiary/aromatic N) is 3. The second-order valence-corrected chi connectivity index (χ2v) is 8.85. The zero-order valence-corrected chi connectivity index (χ0v) is 22.0. The number of hydrogen-bond acceptors (Lipinski definition) is 9. The number of nitrogens with two attached hydrogens (primary N) is 1. The van der Waals surface area contributed by atoms with Crippen molar-refractivity contribution >= 4 is 28.7 Å². The maximum atomic E-state index is 13.3. The quantitative estimate of drug-likeness (QED) is 0.348. The number of hydrogen-bond donors (Lipinski definition) is 2. The zero-order valence-electron chi connectivity index (χ0n) is 22.0. The lowest BCUT2D eigenvalue weighted by molar-refractivity contribution is -0.139. The molecule has 3 aromatic carbocycles. The van der Waals surface area contributed by atoms with Crippen LogP contribution in [-0.4, -0.2) is 43.2 Å². The number of allylic oxidation sites excluding steroid dienone is 1. The Morgan fingerprint density at radius 2 is 1.73 bits per heavy atom. The van der Waals surface area contributed by atoms with Gasteiger partial charge >= 0.3 is 11.9 Å². The number of aromatic nitrogens is 2. The highest BCUT2D eigenvalue weighted by molar-refractivity contribution is 6.06. The van der Waals surface area contributed by atoms with Gasteiger partial charge in [-0.1, -0.05) is 42.5 Å². The van der Waals surface area contributed by atoms with Crippen LogP contribution in [0.1, 0.15) is 11.5 Å². The molecule has 1 atom stereocenters. The van der Waals surface area contributed by atoms with Gasteiger partial charge in [0, 0.05) is 5.56 Å². The van der Waals surface area contributed by atoms with Gasteiger partial charge in [0.2, 0.25) is 0 Å². The average Bonchev–Trinajstić information content (AvgIpc) is 3.43. The lowest BCUT2D eigenvalue weighted by Crippen LogP contribution is -2.40. The number of H-pyrrole nitrogens is 1. The van der Waals surface area contributed by atoms with E-state index in [1.54, 1.807) is 55.6 Å². The van der Waals surface area contributed by atoms with Crippen molar-refractivity contribution in [2.24, 2.45) is 5.73 Å². The molecule has 3 N–H and O–H groups in total. The molecule has 0 amide bonds. The molecular weight excluding hydrogens is 510 g/mol. The summed E-state index contributed by atoms with van der Waals surface area (Å²) in [5.41, 5.74) is 9.58. The molecule has 2 heterocycles. The summed E-state index contributed by atoms with van der Waals surface area (Å²) in [6.07, 6.45) is 0. The Bertz CT molecular complexity index is 1730. The smallest absolute Gasteiger partial charge is 0.355 e. The van der Waals surface area contributed by atoms with Gasteiger partial charge in [-0.3, -0.25) is 4.90 Å². The first-order valence-corrected chi connectivity index (χ1v) is 12.2. The van der Waals surface area contributed by atoms with Crippen LogP contribution in [0.3, 0.4) is 0 Å². The van der Waals surface area contributed by atoms with Crippen molar-refractivity contribution in [3.63, 3.8) is 0 Å². The molecule has 200 valence electrons. The molecular formula is C30H25N5O5. The number of benzene rings is 3. The van der Waals surface area contributed by atoms with Crippen LogP contribution in [0, 0.1) is 11.3 Å². The van der Waals surface area contributed by atoms with Crippen molar-refractivity contribution < 1.29 is 23.8 Å². The van der Waals surface area contributed by atoms with Crippen molar-refractivity contribution in [1.82, 2.24) is 9.97 Å². The molecule has 0 saturated heterocycles. The van der Waals surface area contributed by atoms with E-state index in [1.807, 2.05) is 24.3 Å². The summed E-state index contributed by atoms with van der Waals surface area (Å²) in [4.78, 5) is 35.8. The minimum Gasteiger partial charge on any atom is -0.497 e. The molecule has 0 spiro atoms. The molecule has 0 saturated carbocycles. The van der Waals surface area contributed by atoms with Crippen LogP contribution >= 0.6 is 0 Å². The third-order valence-electron chi connectivity index (χ3n) is 6.68. The SMILES string of the molecule is COC(=O)C1=C(C(=O)OC)N(c2ccc3nc(-c4cccc(OC)c4)[nH]c3c2)C(N)=C(C#N)C1c1ccccc1. The molecule has 0 aliphatic carbocycles. The third-order valence-corrected chi connectivity index (χ3v) is 6.68. The van der Waals surface area contributed by atoms with Crippen LogP contribution in [0.2, 0.25) is 0 Å². The number of carbonyl (C=O) groups is 2. The molecule has 1 aliphatic heterocycles.